The van der Waals surface area contributed by atoms with Gasteiger partial charge in [0.1, 0.15) is 0 Å². The molecule has 0 aliphatic rings. The highest BCUT2D eigenvalue weighted by Crippen LogP contribution is 2.24. The van der Waals surface area contributed by atoms with Crippen molar-refractivity contribution in [2.24, 2.45) is 5.73 Å². The normalized spacial score (nSPS) is 14.7. The van der Waals surface area contributed by atoms with E-state index in [1.54, 1.807) is 0 Å². The van der Waals surface area contributed by atoms with Crippen LogP contribution in [-0.4, -0.2) is 30.1 Å². The maximum Gasteiger partial charge on any atom is 0.0369 e. The molecule has 1 aromatic carbocycles. The quantitative estimate of drug-likeness (QED) is 0.766. The predicted molar refractivity (Wildman–Crippen MR) is 79.8 cm³/mol. The fourth-order valence-corrected chi connectivity index (χ4v) is 2.78. The summed E-state index contributed by atoms with van der Waals surface area (Å²) in [5, 5.41) is 0. The van der Waals surface area contributed by atoms with Gasteiger partial charge in [0.25, 0.3) is 0 Å². The molecular weight excluding hydrogens is 220 g/mol. The topological polar surface area (TPSA) is 29.3 Å². The molecule has 102 valence electrons. The predicted octanol–water partition coefficient (Wildman–Crippen LogP) is 3.07. The summed E-state index contributed by atoms with van der Waals surface area (Å²) >= 11 is 0. The first-order chi connectivity index (χ1) is 8.72. The highest BCUT2D eigenvalue weighted by molar-refractivity contribution is 5.18. The summed E-state index contributed by atoms with van der Waals surface area (Å²) < 4.78 is 0. The van der Waals surface area contributed by atoms with Gasteiger partial charge in [0.15, 0.2) is 0 Å². The lowest BCUT2D eigenvalue weighted by molar-refractivity contribution is 0.0948. The first-order valence-corrected chi connectivity index (χ1v) is 7.21. The van der Waals surface area contributed by atoms with E-state index in [4.69, 9.17) is 5.73 Å². The van der Waals surface area contributed by atoms with Crippen LogP contribution in [0.1, 0.15) is 39.2 Å². The van der Waals surface area contributed by atoms with Gasteiger partial charge in [-0.05, 0) is 37.9 Å². The van der Waals surface area contributed by atoms with Gasteiger partial charge in [0, 0.05) is 12.1 Å². The number of nitrogens with zero attached hydrogens (tertiary/aromatic N) is 1. The van der Waals surface area contributed by atoms with Gasteiger partial charge in [-0.25, -0.2) is 0 Å². The van der Waals surface area contributed by atoms with Gasteiger partial charge in [-0.3, -0.25) is 4.90 Å². The standard InChI is InChI=1S/C16H28N2/c1-4-12-18(6-3)16(5-2,14-17)13-15-10-8-7-9-11-15/h7-11H,4-6,12-14,17H2,1-3H3. The van der Waals surface area contributed by atoms with Crippen molar-refractivity contribution in [3.63, 3.8) is 0 Å². The molecule has 0 aliphatic heterocycles. The molecule has 2 N–H and O–H groups in total. The minimum absolute atomic E-state index is 0.117. The second-order valence-electron chi connectivity index (χ2n) is 5.02. The lowest BCUT2D eigenvalue weighted by Crippen LogP contribution is -2.55. The van der Waals surface area contributed by atoms with Gasteiger partial charge in [-0.2, -0.15) is 0 Å². The molecule has 0 saturated carbocycles. The van der Waals surface area contributed by atoms with E-state index < -0.39 is 0 Å². The Morgan fingerprint density at radius 2 is 1.78 bits per heavy atom. The molecule has 18 heavy (non-hydrogen) atoms. The van der Waals surface area contributed by atoms with Gasteiger partial charge in [-0.15, -0.1) is 0 Å². The molecule has 0 aliphatic carbocycles. The van der Waals surface area contributed by atoms with Crippen molar-refractivity contribution in [1.82, 2.24) is 4.90 Å². The highest BCUT2D eigenvalue weighted by Gasteiger charge is 2.32. The highest BCUT2D eigenvalue weighted by atomic mass is 15.2. The molecule has 0 spiro atoms. The maximum absolute atomic E-state index is 6.13. The average molecular weight is 248 g/mol. The van der Waals surface area contributed by atoms with E-state index in [2.05, 4.69) is 56.0 Å². The van der Waals surface area contributed by atoms with Crippen LogP contribution in [0.4, 0.5) is 0 Å². The molecule has 2 heteroatoms. The summed E-state index contributed by atoms with van der Waals surface area (Å²) in [6, 6.07) is 10.7. The van der Waals surface area contributed by atoms with Crippen LogP contribution < -0.4 is 5.73 Å². The van der Waals surface area contributed by atoms with Crippen molar-refractivity contribution < 1.29 is 0 Å². The number of hydrogen-bond donors (Lipinski definition) is 1. The van der Waals surface area contributed by atoms with E-state index in [1.807, 2.05) is 0 Å². The number of hydrogen-bond acceptors (Lipinski definition) is 2. The average Bonchev–Trinajstić information content (AvgIpc) is 2.43. The molecule has 2 nitrogen and oxygen atoms in total. The summed E-state index contributed by atoms with van der Waals surface area (Å²) in [5.41, 5.74) is 7.64. The van der Waals surface area contributed by atoms with E-state index in [-0.39, 0.29) is 5.54 Å². The van der Waals surface area contributed by atoms with Gasteiger partial charge >= 0.3 is 0 Å². The zero-order chi connectivity index (χ0) is 13.4. The molecular formula is C16H28N2. The minimum atomic E-state index is 0.117. The number of benzene rings is 1. The Labute approximate surface area is 112 Å². The van der Waals surface area contributed by atoms with Crippen LogP contribution in [0, 0.1) is 0 Å². The number of rotatable bonds is 8. The van der Waals surface area contributed by atoms with E-state index in [1.165, 1.54) is 12.0 Å². The second kappa shape index (κ2) is 7.55. The number of nitrogens with two attached hydrogens (primary N) is 1. The molecule has 0 fully saturated rings. The Kier molecular flexibility index (Phi) is 6.37. The molecule has 1 rings (SSSR count). The molecule has 0 aromatic heterocycles. The van der Waals surface area contributed by atoms with Crippen LogP contribution >= 0.6 is 0 Å². The van der Waals surface area contributed by atoms with Crippen molar-refractivity contribution in [2.45, 2.75) is 45.6 Å². The van der Waals surface area contributed by atoms with Gasteiger partial charge in [-0.1, -0.05) is 51.1 Å². The molecule has 0 bridgehead atoms. The van der Waals surface area contributed by atoms with Crippen LogP contribution in [0.2, 0.25) is 0 Å². The van der Waals surface area contributed by atoms with E-state index in [0.29, 0.717) is 0 Å². The van der Waals surface area contributed by atoms with Gasteiger partial charge in [0.05, 0.1) is 0 Å². The van der Waals surface area contributed by atoms with Crippen LogP contribution in [0.15, 0.2) is 30.3 Å². The third-order valence-electron chi connectivity index (χ3n) is 3.96. The van der Waals surface area contributed by atoms with Crippen LogP contribution in [0.5, 0.6) is 0 Å². The zero-order valence-corrected chi connectivity index (χ0v) is 12.2. The Bertz CT molecular complexity index is 317. The Hall–Kier alpha value is -0.860. The minimum Gasteiger partial charge on any atom is -0.329 e. The lowest BCUT2D eigenvalue weighted by atomic mass is 9.86. The Morgan fingerprint density at radius 3 is 2.22 bits per heavy atom. The van der Waals surface area contributed by atoms with E-state index >= 15 is 0 Å². The first kappa shape index (κ1) is 15.2. The zero-order valence-electron chi connectivity index (χ0n) is 12.2. The monoisotopic (exact) mass is 248 g/mol. The summed E-state index contributed by atoms with van der Waals surface area (Å²) in [5.74, 6) is 0. The van der Waals surface area contributed by atoms with Crippen molar-refractivity contribution >= 4 is 0 Å². The number of likely N-dealkylation sites (N-methyl/N-ethyl adjacent to an activating group) is 1. The Balaban J connectivity index is 2.91. The smallest absolute Gasteiger partial charge is 0.0369 e. The van der Waals surface area contributed by atoms with Crippen LogP contribution in [0.3, 0.4) is 0 Å². The molecule has 1 unspecified atom stereocenters. The summed E-state index contributed by atoms with van der Waals surface area (Å²) in [6.07, 6.45) is 3.34. The summed E-state index contributed by atoms with van der Waals surface area (Å²) in [6.45, 7) is 9.67. The summed E-state index contributed by atoms with van der Waals surface area (Å²) in [7, 11) is 0. The second-order valence-corrected chi connectivity index (χ2v) is 5.02. The van der Waals surface area contributed by atoms with Crippen molar-refractivity contribution in [3.8, 4) is 0 Å². The van der Waals surface area contributed by atoms with Gasteiger partial charge < -0.3 is 5.73 Å². The molecule has 0 amide bonds. The van der Waals surface area contributed by atoms with E-state index in [0.717, 1.165) is 32.5 Å². The van der Waals surface area contributed by atoms with Crippen molar-refractivity contribution in [3.05, 3.63) is 35.9 Å². The fourth-order valence-electron chi connectivity index (χ4n) is 2.78. The van der Waals surface area contributed by atoms with Crippen molar-refractivity contribution in [1.29, 1.82) is 0 Å². The molecule has 1 atom stereocenters. The van der Waals surface area contributed by atoms with Crippen molar-refractivity contribution in [2.75, 3.05) is 19.6 Å². The molecule has 1 aromatic rings. The van der Waals surface area contributed by atoms with Gasteiger partial charge in [0.2, 0.25) is 0 Å². The molecule has 0 heterocycles. The largest absolute Gasteiger partial charge is 0.329 e. The fraction of sp³-hybridized carbons (Fsp3) is 0.625. The third kappa shape index (κ3) is 3.56. The first-order valence-electron chi connectivity index (χ1n) is 7.21. The van der Waals surface area contributed by atoms with E-state index in [9.17, 15) is 0 Å². The van der Waals surface area contributed by atoms with Crippen LogP contribution in [0.25, 0.3) is 0 Å². The molecule has 0 saturated heterocycles. The lowest BCUT2D eigenvalue weighted by Gasteiger charge is -2.43. The Morgan fingerprint density at radius 1 is 1.11 bits per heavy atom. The SMILES string of the molecule is CCCN(CC)C(CC)(CN)Cc1ccccc1. The van der Waals surface area contributed by atoms with Crippen LogP contribution in [-0.2, 0) is 6.42 Å². The maximum atomic E-state index is 6.13. The summed E-state index contributed by atoms with van der Waals surface area (Å²) in [4.78, 5) is 2.56. The molecule has 0 radical (unpaired) electrons. The third-order valence-corrected chi connectivity index (χ3v) is 3.96.